The second kappa shape index (κ2) is 7.58. The minimum absolute atomic E-state index is 0.111. The molecule has 0 amide bonds. The summed E-state index contributed by atoms with van der Waals surface area (Å²) < 4.78 is 0. The molecule has 2 aromatic rings. The zero-order valence-corrected chi connectivity index (χ0v) is 16.7. The van der Waals surface area contributed by atoms with Gasteiger partial charge in [0, 0.05) is 30.9 Å². The summed E-state index contributed by atoms with van der Waals surface area (Å²) in [6, 6.07) is 1.81. The highest BCUT2D eigenvalue weighted by atomic mass is 35.5. The number of aryl methyl sites for hydroxylation is 1. The van der Waals surface area contributed by atoms with Gasteiger partial charge in [-0.2, -0.15) is 0 Å². The normalized spacial score (nSPS) is 17.8. The highest BCUT2D eigenvalue weighted by molar-refractivity contribution is 6.34. The Morgan fingerprint density at radius 3 is 2.59 bits per heavy atom. The Labute approximate surface area is 164 Å². The van der Waals surface area contributed by atoms with Gasteiger partial charge >= 0.3 is 0 Å². The maximum absolute atomic E-state index is 9.88. The van der Waals surface area contributed by atoms with Gasteiger partial charge in [-0.15, -0.1) is 0 Å². The standard InChI is InChI=1S/C19H26ClN5O2/c1-11-16(13-4-7-22-18(27)15(13)20)24-14(10-26)17(23-11)25-8-5-19(3,6-9-25)12(2)21/h4,7,12,26H,5-6,8-10,21H2,1-3H3,(H,22,27)/t12-/m1/s1. The van der Waals surface area contributed by atoms with Gasteiger partial charge in [0.1, 0.15) is 10.7 Å². The SMILES string of the molecule is Cc1nc(N2CCC(C)([C@@H](C)N)CC2)c(CO)nc1-c1ccnc(O)c1Cl. The first kappa shape index (κ1) is 19.8. The van der Waals surface area contributed by atoms with Crippen molar-refractivity contribution in [2.75, 3.05) is 18.0 Å². The summed E-state index contributed by atoms with van der Waals surface area (Å²) in [5, 5.41) is 19.8. The average molecular weight is 392 g/mol. The Hall–Kier alpha value is -1.96. The molecule has 1 aliphatic rings. The van der Waals surface area contributed by atoms with E-state index >= 15 is 0 Å². The lowest BCUT2D eigenvalue weighted by Gasteiger charge is -2.42. The zero-order valence-electron chi connectivity index (χ0n) is 15.9. The van der Waals surface area contributed by atoms with Crippen molar-refractivity contribution in [3.05, 3.63) is 28.7 Å². The topological polar surface area (TPSA) is 108 Å². The molecule has 0 aromatic carbocycles. The summed E-state index contributed by atoms with van der Waals surface area (Å²) in [5.74, 6) is 0.441. The molecule has 0 bridgehead atoms. The monoisotopic (exact) mass is 391 g/mol. The number of pyridine rings is 1. The van der Waals surface area contributed by atoms with Gasteiger partial charge in [-0.1, -0.05) is 18.5 Å². The third-order valence-corrected chi connectivity index (χ3v) is 6.07. The van der Waals surface area contributed by atoms with Gasteiger partial charge in [0.25, 0.3) is 0 Å². The third kappa shape index (κ3) is 3.72. The van der Waals surface area contributed by atoms with Gasteiger partial charge < -0.3 is 20.8 Å². The molecule has 1 fully saturated rings. The summed E-state index contributed by atoms with van der Waals surface area (Å²) in [6.45, 7) is 7.52. The van der Waals surface area contributed by atoms with Crippen LogP contribution in [-0.2, 0) is 6.61 Å². The second-order valence-electron chi connectivity index (χ2n) is 7.51. The maximum Gasteiger partial charge on any atom is 0.230 e. The predicted molar refractivity (Wildman–Crippen MR) is 106 cm³/mol. The number of nitrogens with two attached hydrogens (primary N) is 1. The van der Waals surface area contributed by atoms with E-state index in [0.29, 0.717) is 28.5 Å². The molecule has 0 unspecified atom stereocenters. The number of piperidine rings is 1. The van der Waals surface area contributed by atoms with Crippen molar-refractivity contribution in [2.45, 2.75) is 46.3 Å². The average Bonchev–Trinajstić information content (AvgIpc) is 2.64. The van der Waals surface area contributed by atoms with E-state index in [1.54, 1.807) is 6.07 Å². The highest BCUT2D eigenvalue weighted by Crippen LogP contribution is 2.37. The highest BCUT2D eigenvalue weighted by Gasteiger charge is 2.34. The number of aliphatic hydroxyl groups excluding tert-OH is 1. The van der Waals surface area contributed by atoms with Gasteiger partial charge in [0.15, 0.2) is 5.82 Å². The first-order valence-electron chi connectivity index (χ1n) is 9.09. The van der Waals surface area contributed by atoms with Crippen LogP contribution in [0.25, 0.3) is 11.3 Å². The van der Waals surface area contributed by atoms with Crippen LogP contribution in [0.4, 0.5) is 5.82 Å². The number of hydrogen-bond donors (Lipinski definition) is 3. The van der Waals surface area contributed by atoms with E-state index in [4.69, 9.17) is 22.3 Å². The van der Waals surface area contributed by atoms with Crippen molar-refractivity contribution in [1.29, 1.82) is 0 Å². The van der Waals surface area contributed by atoms with E-state index in [2.05, 4.69) is 28.7 Å². The molecular weight excluding hydrogens is 366 g/mol. The van der Waals surface area contributed by atoms with Crippen LogP contribution in [0.1, 0.15) is 38.1 Å². The van der Waals surface area contributed by atoms with Crippen LogP contribution < -0.4 is 10.6 Å². The van der Waals surface area contributed by atoms with E-state index in [9.17, 15) is 10.2 Å². The number of hydrogen-bond acceptors (Lipinski definition) is 7. The lowest BCUT2D eigenvalue weighted by atomic mass is 9.75. The van der Waals surface area contributed by atoms with E-state index in [0.717, 1.165) is 25.9 Å². The molecule has 2 aromatic heterocycles. The molecule has 3 rings (SSSR count). The van der Waals surface area contributed by atoms with Gasteiger partial charge in [-0.25, -0.2) is 15.0 Å². The van der Waals surface area contributed by atoms with E-state index in [1.165, 1.54) is 6.20 Å². The molecule has 3 heterocycles. The fraction of sp³-hybridized carbons (Fsp3) is 0.526. The minimum Gasteiger partial charge on any atom is -0.492 e. The Morgan fingerprint density at radius 1 is 1.33 bits per heavy atom. The van der Waals surface area contributed by atoms with Crippen molar-refractivity contribution in [2.24, 2.45) is 11.1 Å². The molecular formula is C19H26ClN5O2. The molecule has 0 saturated carbocycles. The molecule has 146 valence electrons. The van der Waals surface area contributed by atoms with Crippen LogP contribution in [0.5, 0.6) is 5.88 Å². The van der Waals surface area contributed by atoms with Crippen LogP contribution in [0.3, 0.4) is 0 Å². The molecule has 27 heavy (non-hydrogen) atoms. The van der Waals surface area contributed by atoms with Crippen molar-refractivity contribution in [3.63, 3.8) is 0 Å². The van der Waals surface area contributed by atoms with Crippen molar-refractivity contribution in [3.8, 4) is 17.1 Å². The van der Waals surface area contributed by atoms with Crippen LogP contribution in [0.15, 0.2) is 12.3 Å². The number of rotatable bonds is 4. The smallest absolute Gasteiger partial charge is 0.230 e. The number of aromatic nitrogens is 3. The van der Waals surface area contributed by atoms with Gasteiger partial charge in [-0.05, 0) is 38.2 Å². The van der Waals surface area contributed by atoms with E-state index < -0.39 is 0 Å². The Kier molecular flexibility index (Phi) is 5.55. The maximum atomic E-state index is 9.88. The summed E-state index contributed by atoms with van der Waals surface area (Å²) in [5.41, 5.74) is 8.50. The second-order valence-corrected chi connectivity index (χ2v) is 7.89. The Bertz CT molecular complexity index is 835. The summed E-state index contributed by atoms with van der Waals surface area (Å²) in [6.07, 6.45) is 3.38. The third-order valence-electron chi connectivity index (χ3n) is 5.70. The lowest BCUT2D eigenvalue weighted by Crippen LogP contribution is -2.47. The van der Waals surface area contributed by atoms with Crippen LogP contribution >= 0.6 is 11.6 Å². The number of aromatic hydroxyl groups is 1. The zero-order chi connectivity index (χ0) is 19.8. The van der Waals surface area contributed by atoms with Gasteiger partial charge in [-0.3, -0.25) is 0 Å². The predicted octanol–water partition coefficient (Wildman–Crippen LogP) is 2.65. The first-order chi connectivity index (χ1) is 12.8. The molecule has 0 spiro atoms. The number of anilines is 1. The Morgan fingerprint density at radius 2 is 2.00 bits per heavy atom. The largest absolute Gasteiger partial charge is 0.492 e. The summed E-state index contributed by atoms with van der Waals surface area (Å²) in [7, 11) is 0. The quantitative estimate of drug-likeness (QED) is 0.735. The van der Waals surface area contributed by atoms with E-state index in [1.807, 2.05) is 6.92 Å². The lowest BCUT2D eigenvalue weighted by molar-refractivity contribution is 0.204. The molecule has 1 aliphatic heterocycles. The molecule has 0 radical (unpaired) electrons. The van der Waals surface area contributed by atoms with Crippen LogP contribution in [-0.4, -0.2) is 44.3 Å². The fourth-order valence-corrected chi connectivity index (χ4v) is 3.66. The number of nitrogens with zero attached hydrogens (tertiary/aromatic N) is 4. The molecule has 0 aliphatic carbocycles. The van der Waals surface area contributed by atoms with Gasteiger partial charge in [0.2, 0.25) is 5.88 Å². The number of halogens is 1. The molecule has 4 N–H and O–H groups in total. The molecule has 1 saturated heterocycles. The van der Waals surface area contributed by atoms with Crippen LogP contribution in [0.2, 0.25) is 5.02 Å². The van der Waals surface area contributed by atoms with Gasteiger partial charge in [0.05, 0.1) is 18.0 Å². The van der Waals surface area contributed by atoms with E-state index in [-0.39, 0.29) is 29.0 Å². The molecule has 1 atom stereocenters. The Balaban J connectivity index is 1.95. The summed E-state index contributed by atoms with van der Waals surface area (Å²) >= 11 is 6.18. The van der Waals surface area contributed by atoms with Crippen molar-refractivity contribution >= 4 is 17.4 Å². The van der Waals surface area contributed by atoms with Crippen molar-refractivity contribution < 1.29 is 10.2 Å². The van der Waals surface area contributed by atoms with Crippen LogP contribution in [0, 0.1) is 12.3 Å². The number of aliphatic hydroxyl groups is 1. The summed E-state index contributed by atoms with van der Waals surface area (Å²) in [4.78, 5) is 15.2. The first-order valence-corrected chi connectivity index (χ1v) is 9.47. The minimum atomic E-state index is -0.254. The fourth-order valence-electron chi connectivity index (χ4n) is 3.46. The molecule has 7 nitrogen and oxygen atoms in total. The van der Waals surface area contributed by atoms with Crippen molar-refractivity contribution in [1.82, 2.24) is 15.0 Å². The molecule has 8 heteroatoms.